The predicted octanol–water partition coefficient (Wildman–Crippen LogP) is 3.66. The molecule has 28 heavy (non-hydrogen) atoms. The van der Waals surface area contributed by atoms with Crippen LogP contribution in [0.3, 0.4) is 0 Å². The maximum atomic E-state index is 12.3. The zero-order valence-corrected chi connectivity index (χ0v) is 16.7. The number of ether oxygens (including phenoxy) is 1. The van der Waals surface area contributed by atoms with Crippen molar-refractivity contribution in [2.24, 2.45) is 0 Å². The van der Waals surface area contributed by atoms with Gasteiger partial charge in [-0.1, -0.05) is 17.8 Å². The van der Waals surface area contributed by atoms with Gasteiger partial charge in [0.2, 0.25) is 5.91 Å². The minimum absolute atomic E-state index is 0.122. The Kier molecular flexibility index (Phi) is 6.32. The largest absolute Gasteiger partial charge is 0.462 e. The van der Waals surface area contributed by atoms with E-state index in [4.69, 9.17) is 4.74 Å². The van der Waals surface area contributed by atoms with E-state index in [1.54, 1.807) is 13.8 Å². The molecular weight excluding hydrogens is 374 g/mol. The standard InChI is InChI=1S/C21H21N3O3S/c1-3-27-21(26)18-10-16(11-22)20(23-13(18)2)28-12-19(25)24-17-8-7-14-5-4-6-15(14)9-17/h7-10H,3-6,12H2,1-2H3,(H,24,25). The third kappa shape index (κ3) is 4.52. The molecule has 1 amide bonds. The molecular formula is C21H21N3O3S. The molecule has 0 aliphatic heterocycles. The fourth-order valence-corrected chi connectivity index (χ4v) is 3.97. The summed E-state index contributed by atoms with van der Waals surface area (Å²) in [4.78, 5) is 28.6. The molecule has 1 aromatic carbocycles. The Bertz CT molecular complexity index is 966. The van der Waals surface area contributed by atoms with E-state index in [-0.39, 0.29) is 29.4 Å². The smallest absolute Gasteiger partial charge is 0.340 e. The quantitative estimate of drug-likeness (QED) is 0.593. The SMILES string of the molecule is CCOC(=O)c1cc(C#N)c(SCC(=O)Nc2ccc3c(c2)CCC3)nc1C. The molecule has 0 unspecified atom stereocenters. The van der Waals surface area contributed by atoms with E-state index in [9.17, 15) is 14.9 Å². The lowest BCUT2D eigenvalue weighted by Gasteiger charge is -2.10. The number of anilines is 1. The number of nitrogens with zero attached hydrogens (tertiary/aromatic N) is 2. The van der Waals surface area contributed by atoms with Crippen molar-refractivity contribution in [3.63, 3.8) is 0 Å². The summed E-state index contributed by atoms with van der Waals surface area (Å²) in [6.45, 7) is 3.65. The Morgan fingerprint density at radius 2 is 2.07 bits per heavy atom. The Hall–Kier alpha value is -2.85. The number of benzene rings is 1. The third-order valence-electron chi connectivity index (χ3n) is 4.52. The summed E-state index contributed by atoms with van der Waals surface area (Å²) in [6, 6.07) is 9.53. The molecule has 0 saturated heterocycles. The lowest BCUT2D eigenvalue weighted by Crippen LogP contribution is -2.15. The number of nitrogens with one attached hydrogen (secondary N) is 1. The second-order valence-electron chi connectivity index (χ2n) is 6.48. The molecule has 1 heterocycles. The first-order valence-corrected chi connectivity index (χ1v) is 10.1. The fraction of sp³-hybridized carbons (Fsp3) is 0.333. The first kappa shape index (κ1) is 19.9. The maximum Gasteiger partial charge on any atom is 0.340 e. The van der Waals surface area contributed by atoms with Crippen LogP contribution in [0.1, 0.15) is 46.1 Å². The van der Waals surface area contributed by atoms with Crippen LogP contribution in [0.15, 0.2) is 29.3 Å². The first-order valence-electron chi connectivity index (χ1n) is 9.15. The maximum absolute atomic E-state index is 12.3. The highest BCUT2D eigenvalue weighted by molar-refractivity contribution is 8.00. The minimum atomic E-state index is -0.505. The molecule has 0 saturated carbocycles. The lowest BCUT2D eigenvalue weighted by atomic mass is 10.1. The average Bonchev–Trinajstić information content (AvgIpc) is 3.14. The van der Waals surface area contributed by atoms with E-state index < -0.39 is 5.97 Å². The van der Waals surface area contributed by atoms with Gasteiger partial charge in [0.15, 0.2) is 0 Å². The van der Waals surface area contributed by atoms with Gasteiger partial charge in [0.25, 0.3) is 0 Å². The number of carbonyl (C=O) groups is 2. The van der Waals surface area contributed by atoms with Gasteiger partial charge in [0.05, 0.1) is 29.2 Å². The number of carbonyl (C=O) groups excluding carboxylic acids is 2. The van der Waals surface area contributed by atoms with E-state index in [1.165, 1.54) is 29.0 Å². The summed E-state index contributed by atoms with van der Waals surface area (Å²) < 4.78 is 4.99. The van der Waals surface area contributed by atoms with Crippen molar-refractivity contribution in [1.82, 2.24) is 4.98 Å². The van der Waals surface area contributed by atoms with E-state index >= 15 is 0 Å². The highest BCUT2D eigenvalue weighted by atomic mass is 32.2. The molecule has 2 aromatic rings. The number of fused-ring (bicyclic) bond motifs is 1. The molecule has 0 fully saturated rings. The molecule has 0 atom stereocenters. The molecule has 1 aliphatic carbocycles. The fourth-order valence-electron chi connectivity index (χ4n) is 3.17. The second kappa shape index (κ2) is 8.89. The Morgan fingerprint density at radius 3 is 2.82 bits per heavy atom. The van der Waals surface area contributed by atoms with Crippen LogP contribution in [0.25, 0.3) is 0 Å². The number of hydrogen-bond donors (Lipinski definition) is 1. The van der Waals surface area contributed by atoms with E-state index in [1.807, 2.05) is 18.2 Å². The molecule has 7 heteroatoms. The van der Waals surface area contributed by atoms with Gasteiger partial charge in [-0.3, -0.25) is 4.79 Å². The number of pyridine rings is 1. The van der Waals surface area contributed by atoms with Gasteiger partial charge in [0, 0.05) is 5.69 Å². The summed E-state index contributed by atoms with van der Waals surface area (Å²) in [7, 11) is 0. The number of aryl methyl sites for hydroxylation is 3. The van der Waals surface area contributed by atoms with Crippen LogP contribution in [0.2, 0.25) is 0 Å². The Balaban J connectivity index is 1.66. The molecule has 144 valence electrons. The van der Waals surface area contributed by atoms with Crippen molar-refractivity contribution < 1.29 is 14.3 Å². The minimum Gasteiger partial charge on any atom is -0.462 e. The molecule has 1 aromatic heterocycles. The summed E-state index contributed by atoms with van der Waals surface area (Å²) in [5, 5.41) is 12.7. The third-order valence-corrected chi connectivity index (χ3v) is 5.51. The van der Waals surface area contributed by atoms with E-state index in [0.29, 0.717) is 10.7 Å². The van der Waals surface area contributed by atoms with Crippen LogP contribution in [0.5, 0.6) is 0 Å². The van der Waals surface area contributed by atoms with Crippen LogP contribution in [-0.4, -0.2) is 29.2 Å². The van der Waals surface area contributed by atoms with Crippen LogP contribution in [-0.2, 0) is 22.4 Å². The number of amides is 1. The molecule has 1 aliphatic rings. The molecule has 0 radical (unpaired) electrons. The monoisotopic (exact) mass is 395 g/mol. The van der Waals surface area contributed by atoms with E-state index in [0.717, 1.165) is 24.9 Å². The highest BCUT2D eigenvalue weighted by Crippen LogP contribution is 2.26. The highest BCUT2D eigenvalue weighted by Gasteiger charge is 2.17. The Labute approximate surface area is 168 Å². The van der Waals surface area contributed by atoms with Crippen molar-refractivity contribution in [2.45, 2.75) is 38.1 Å². The van der Waals surface area contributed by atoms with Crippen molar-refractivity contribution in [3.8, 4) is 6.07 Å². The van der Waals surface area contributed by atoms with E-state index in [2.05, 4.69) is 16.4 Å². The number of hydrogen-bond acceptors (Lipinski definition) is 6. The van der Waals surface area contributed by atoms with Crippen molar-refractivity contribution in [1.29, 1.82) is 5.26 Å². The molecule has 0 bridgehead atoms. The molecule has 0 spiro atoms. The average molecular weight is 395 g/mol. The van der Waals surface area contributed by atoms with Crippen LogP contribution < -0.4 is 5.32 Å². The van der Waals surface area contributed by atoms with Crippen molar-refractivity contribution in [3.05, 3.63) is 52.2 Å². The zero-order chi connectivity index (χ0) is 20.1. The number of nitriles is 1. The summed E-state index contributed by atoms with van der Waals surface area (Å²) in [5.74, 6) is -0.549. The molecule has 1 N–H and O–H groups in total. The normalized spacial score (nSPS) is 12.2. The van der Waals surface area contributed by atoms with Crippen LogP contribution >= 0.6 is 11.8 Å². The van der Waals surface area contributed by atoms with Gasteiger partial charge in [-0.2, -0.15) is 5.26 Å². The lowest BCUT2D eigenvalue weighted by molar-refractivity contribution is -0.113. The summed E-state index contributed by atoms with van der Waals surface area (Å²) in [6.07, 6.45) is 3.31. The van der Waals surface area contributed by atoms with Crippen molar-refractivity contribution in [2.75, 3.05) is 17.7 Å². The van der Waals surface area contributed by atoms with Gasteiger partial charge < -0.3 is 10.1 Å². The van der Waals surface area contributed by atoms with Gasteiger partial charge >= 0.3 is 5.97 Å². The topological polar surface area (TPSA) is 92.1 Å². The predicted molar refractivity (Wildman–Crippen MR) is 107 cm³/mol. The summed E-state index contributed by atoms with van der Waals surface area (Å²) >= 11 is 1.17. The van der Waals surface area contributed by atoms with Gasteiger partial charge in [-0.25, -0.2) is 9.78 Å². The molecule has 6 nitrogen and oxygen atoms in total. The summed E-state index contributed by atoms with van der Waals surface area (Å²) in [5.41, 5.74) is 4.43. The first-order chi connectivity index (χ1) is 13.5. The Morgan fingerprint density at radius 1 is 1.29 bits per heavy atom. The number of rotatable bonds is 6. The molecule has 3 rings (SSSR count). The number of aromatic nitrogens is 1. The van der Waals surface area contributed by atoms with Gasteiger partial charge in [-0.05, 0) is 62.4 Å². The van der Waals surface area contributed by atoms with Crippen LogP contribution in [0, 0.1) is 18.3 Å². The van der Waals surface area contributed by atoms with Gasteiger partial charge in [0.1, 0.15) is 11.1 Å². The van der Waals surface area contributed by atoms with Gasteiger partial charge in [-0.15, -0.1) is 0 Å². The van der Waals surface area contributed by atoms with Crippen molar-refractivity contribution >= 4 is 29.3 Å². The zero-order valence-electron chi connectivity index (χ0n) is 15.9. The number of thioether (sulfide) groups is 1. The number of esters is 1. The van der Waals surface area contributed by atoms with Crippen LogP contribution in [0.4, 0.5) is 5.69 Å². The second-order valence-corrected chi connectivity index (χ2v) is 7.44.